The zero-order chi connectivity index (χ0) is 11.5. The van der Waals surface area contributed by atoms with Crippen LogP contribution in [0.1, 0.15) is 12.8 Å². The summed E-state index contributed by atoms with van der Waals surface area (Å²) in [4.78, 5) is 27.0. The van der Waals surface area contributed by atoms with Gasteiger partial charge in [-0.3, -0.25) is 14.5 Å². The van der Waals surface area contributed by atoms with Crippen LogP contribution >= 0.6 is 0 Å². The van der Waals surface area contributed by atoms with Gasteiger partial charge in [0.05, 0.1) is 6.54 Å². The van der Waals surface area contributed by atoms with Crippen LogP contribution in [-0.4, -0.2) is 61.4 Å². The summed E-state index contributed by atoms with van der Waals surface area (Å²) in [5.74, 6) is 0.673. The van der Waals surface area contributed by atoms with Gasteiger partial charge in [0.25, 0.3) is 0 Å². The smallest absolute Gasteiger partial charge is 0.233 e. The van der Waals surface area contributed by atoms with E-state index >= 15 is 0 Å². The van der Waals surface area contributed by atoms with E-state index in [4.69, 9.17) is 0 Å². The molecule has 1 heterocycles. The lowest BCUT2D eigenvalue weighted by molar-refractivity contribution is -0.134. The highest BCUT2D eigenvalue weighted by molar-refractivity contribution is 5.81. The molecule has 2 aliphatic rings. The molecule has 90 valence electrons. The Labute approximate surface area is 95.8 Å². The van der Waals surface area contributed by atoms with Crippen LogP contribution in [0.25, 0.3) is 0 Å². The Morgan fingerprint density at radius 1 is 1.19 bits per heavy atom. The quantitative estimate of drug-likeness (QED) is 0.690. The first-order chi connectivity index (χ1) is 7.70. The number of likely N-dealkylation sites (N-methyl/N-ethyl adjacent to an activating group) is 1. The molecule has 1 aliphatic heterocycles. The molecule has 0 aromatic carbocycles. The Morgan fingerprint density at radius 3 is 2.31 bits per heavy atom. The fraction of sp³-hybridized carbons (Fsp3) is 0.818. The third-order valence-corrected chi connectivity index (χ3v) is 3.26. The molecule has 0 spiro atoms. The Morgan fingerprint density at radius 2 is 1.81 bits per heavy atom. The average Bonchev–Trinajstić information content (AvgIpc) is 3.13. The fourth-order valence-corrected chi connectivity index (χ4v) is 2.00. The van der Waals surface area contributed by atoms with Gasteiger partial charge in [0.1, 0.15) is 0 Å². The van der Waals surface area contributed by atoms with E-state index in [1.54, 1.807) is 7.05 Å². The molecule has 0 unspecified atom stereocenters. The maximum absolute atomic E-state index is 11.8. The van der Waals surface area contributed by atoms with Gasteiger partial charge in [0, 0.05) is 39.1 Å². The van der Waals surface area contributed by atoms with Gasteiger partial charge in [0.2, 0.25) is 11.8 Å². The number of hydrogen-bond donors (Lipinski definition) is 1. The van der Waals surface area contributed by atoms with Crippen molar-refractivity contribution in [1.82, 2.24) is 15.1 Å². The molecule has 2 amide bonds. The van der Waals surface area contributed by atoms with Crippen LogP contribution in [-0.2, 0) is 9.59 Å². The monoisotopic (exact) mass is 225 g/mol. The molecule has 0 aromatic heterocycles. The molecule has 2 rings (SSSR count). The van der Waals surface area contributed by atoms with Crippen molar-refractivity contribution in [2.24, 2.45) is 5.92 Å². The van der Waals surface area contributed by atoms with Crippen LogP contribution in [0.2, 0.25) is 0 Å². The summed E-state index contributed by atoms with van der Waals surface area (Å²) in [6.45, 7) is 3.61. The lowest BCUT2D eigenvalue weighted by atomic mass is 10.2. The average molecular weight is 225 g/mol. The molecule has 1 saturated heterocycles. The van der Waals surface area contributed by atoms with Crippen molar-refractivity contribution < 1.29 is 9.59 Å². The predicted molar refractivity (Wildman–Crippen MR) is 59.8 cm³/mol. The topological polar surface area (TPSA) is 52.7 Å². The van der Waals surface area contributed by atoms with Gasteiger partial charge in [-0.05, 0) is 12.8 Å². The first-order valence-corrected chi connectivity index (χ1v) is 5.92. The van der Waals surface area contributed by atoms with E-state index in [-0.39, 0.29) is 5.91 Å². The van der Waals surface area contributed by atoms with E-state index < -0.39 is 0 Å². The number of nitrogens with one attached hydrogen (secondary N) is 1. The largest absolute Gasteiger partial charge is 0.358 e. The number of amides is 2. The lowest BCUT2D eigenvalue weighted by Crippen LogP contribution is -2.51. The van der Waals surface area contributed by atoms with Crippen molar-refractivity contribution in [3.8, 4) is 0 Å². The summed E-state index contributed by atoms with van der Waals surface area (Å²) in [5, 5.41) is 2.61. The molecule has 1 N–H and O–H groups in total. The molecular weight excluding hydrogens is 206 g/mol. The molecule has 2 fully saturated rings. The number of carbonyl (C=O) groups excluding carboxylic acids is 2. The Hall–Kier alpha value is -1.10. The third-order valence-electron chi connectivity index (χ3n) is 3.26. The molecule has 0 atom stereocenters. The Bertz CT molecular complexity index is 281. The minimum atomic E-state index is 0.0435. The molecule has 16 heavy (non-hydrogen) atoms. The van der Waals surface area contributed by atoms with E-state index in [2.05, 4.69) is 10.2 Å². The van der Waals surface area contributed by atoms with E-state index in [0.29, 0.717) is 18.4 Å². The lowest BCUT2D eigenvalue weighted by Gasteiger charge is -2.34. The number of piperazine rings is 1. The van der Waals surface area contributed by atoms with E-state index in [9.17, 15) is 9.59 Å². The van der Waals surface area contributed by atoms with Gasteiger partial charge in [-0.1, -0.05) is 0 Å². The van der Waals surface area contributed by atoms with E-state index in [0.717, 1.165) is 39.0 Å². The van der Waals surface area contributed by atoms with Crippen LogP contribution in [0.15, 0.2) is 0 Å². The SMILES string of the molecule is CNC(=O)CN1CCN(C(=O)C2CC2)CC1. The number of rotatable bonds is 3. The van der Waals surface area contributed by atoms with E-state index in [1.165, 1.54) is 0 Å². The van der Waals surface area contributed by atoms with Gasteiger partial charge >= 0.3 is 0 Å². The second-order valence-corrected chi connectivity index (χ2v) is 4.55. The van der Waals surface area contributed by atoms with Gasteiger partial charge in [-0.25, -0.2) is 0 Å². The summed E-state index contributed by atoms with van der Waals surface area (Å²) < 4.78 is 0. The van der Waals surface area contributed by atoms with Gasteiger partial charge in [-0.2, -0.15) is 0 Å². The first kappa shape index (κ1) is 11.4. The summed E-state index contributed by atoms with van der Waals surface area (Å²) in [7, 11) is 1.65. The highest BCUT2D eigenvalue weighted by atomic mass is 16.2. The number of nitrogens with zero attached hydrogens (tertiary/aromatic N) is 2. The van der Waals surface area contributed by atoms with Crippen molar-refractivity contribution in [2.75, 3.05) is 39.8 Å². The Kier molecular flexibility index (Phi) is 3.43. The molecular formula is C11H19N3O2. The van der Waals surface area contributed by atoms with Crippen molar-refractivity contribution in [3.05, 3.63) is 0 Å². The normalized spacial score (nSPS) is 21.9. The molecule has 0 radical (unpaired) electrons. The Balaban J connectivity index is 1.73. The van der Waals surface area contributed by atoms with Crippen molar-refractivity contribution in [2.45, 2.75) is 12.8 Å². The standard InChI is InChI=1S/C11H19N3O2/c1-12-10(15)8-13-4-6-14(7-5-13)11(16)9-2-3-9/h9H,2-8H2,1H3,(H,12,15). The highest BCUT2D eigenvalue weighted by Crippen LogP contribution is 2.31. The maximum Gasteiger partial charge on any atom is 0.233 e. The molecule has 1 aliphatic carbocycles. The molecule has 5 heteroatoms. The number of hydrogen-bond acceptors (Lipinski definition) is 3. The van der Waals surface area contributed by atoms with E-state index in [1.807, 2.05) is 4.90 Å². The second kappa shape index (κ2) is 4.82. The van der Waals surface area contributed by atoms with Crippen molar-refractivity contribution in [1.29, 1.82) is 0 Å². The van der Waals surface area contributed by atoms with Crippen LogP contribution < -0.4 is 5.32 Å². The van der Waals surface area contributed by atoms with Crippen molar-refractivity contribution in [3.63, 3.8) is 0 Å². The summed E-state index contributed by atoms with van der Waals surface area (Å²) in [6.07, 6.45) is 2.13. The molecule has 0 bridgehead atoms. The van der Waals surface area contributed by atoms with Crippen LogP contribution in [0.3, 0.4) is 0 Å². The molecule has 0 aromatic rings. The summed E-state index contributed by atoms with van der Waals surface area (Å²) >= 11 is 0. The minimum absolute atomic E-state index is 0.0435. The second-order valence-electron chi connectivity index (χ2n) is 4.55. The minimum Gasteiger partial charge on any atom is -0.358 e. The van der Waals surface area contributed by atoms with Gasteiger partial charge < -0.3 is 10.2 Å². The van der Waals surface area contributed by atoms with Crippen LogP contribution in [0.4, 0.5) is 0 Å². The predicted octanol–water partition coefficient (Wildman–Crippen LogP) is -0.713. The first-order valence-electron chi connectivity index (χ1n) is 5.92. The van der Waals surface area contributed by atoms with Crippen molar-refractivity contribution >= 4 is 11.8 Å². The highest BCUT2D eigenvalue weighted by Gasteiger charge is 2.34. The van der Waals surface area contributed by atoms with Crippen LogP contribution in [0, 0.1) is 5.92 Å². The molecule has 5 nitrogen and oxygen atoms in total. The van der Waals surface area contributed by atoms with Gasteiger partial charge in [-0.15, -0.1) is 0 Å². The van der Waals surface area contributed by atoms with Crippen LogP contribution in [0.5, 0.6) is 0 Å². The molecule has 1 saturated carbocycles. The number of carbonyl (C=O) groups is 2. The zero-order valence-corrected chi connectivity index (χ0v) is 9.74. The zero-order valence-electron chi connectivity index (χ0n) is 9.74. The maximum atomic E-state index is 11.8. The summed E-state index contributed by atoms with van der Waals surface area (Å²) in [6, 6.07) is 0. The fourth-order valence-electron chi connectivity index (χ4n) is 2.00. The summed E-state index contributed by atoms with van der Waals surface area (Å²) in [5.41, 5.74) is 0. The third kappa shape index (κ3) is 2.72. The van der Waals surface area contributed by atoms with Gasteiger partial charge in [0.15, 0.2) is 0 Å².